The van der Waals surface area contributed by atoms with Gasteiger partial charge in [0.15, 0.2) is 5.12 Å². The molecule has 1 amide bonds. The number of carbonyl (C=O) groups excluding carboxylic acids is 2. The molecule has 1 aromatic heterocycles. The van der Waals surface area contributed by atoms with Crippen LogP contribution < -0.4 is 10.9 Å². The highest BCUT2D eigenvalue weighted by molar-refractivity contribution is 8.12. The molecule has 0 aliphatic carbocycles. The van der Waals surface area contributed by atoms with Crippen LogP contribution in [0.1, 0.15) is 29.2 Å². The SMILES string of the molecule is CC(=O)SCc1cccc(-c2c(CC(=O)Nc3ccc(F)cc3C(F)(F)F)c(=O)oc3cc(Cl)c(C)cc23)c1. The maximum absolute atomic E-state index is 13.5. The molecule has 0 fully saturated rings. The number of hydrogen-bond donors (Lipinski definition) is 1. The van der Waals surface area contributed by atoms with Gasteiger partial charge in [-0.05, 0) is 47.9 Å². The quantitative estimate of drug-likeness (QED) is 0.189. The predicted molar refractivity (Wildman–Crippen MR) is 143 cm³/mol. The van der Waals surface area contributed by atoms with Crippen LogP contribution in [0.15, 0.2) is 63.8 Å². The van der Waals surface area contributed by atoms with Gasteiger partial charge in [-0.25, -0.2) is 9.18 Å². The average molecular weight is 578 g/mol. The Balaban J connectivity index is 1.83. The standard InChI is InChI=1S/C28H20ClF4NO4S/c1-14-8-19-24(12-22(14)29)38-27(37)20(26(19)17-5-3-4-16(9-17)13-39-15(2)35)11-25(36)34-23-7-6-18(30)10-21(23)28(31,32)33/h3-10,12H,11,13H2,1-2H3,(H,34,36). The molecule has 39 heavy (non-hydrogen) atoms. The number of hydrogen-bond acceptors (Lipinski definition) is 5. The van der Waals surface area contributed by atoms with Crippen LogP contribution in [0.4, 0.5) is 23.2 Å². The van der Waals surface area contributed by atoms with Crippen molar-refractivity contribution in [1.82, 2.24) is 0 Å². The highest BCUT2D eigenvalue weighted by atomic mass is 35.5. The topological polar surface area (TPSA) is 76.4 Å². The molecule has 0 saturated heterocycles. The first-order valence-corrected chi connectivity index (χ1v) is 12.8. The van der Waals surface area contributed by atoms with Gasteiger partial charge >= 0.3 is 11.8 Å². The molecular formula is C28H20ClF4NO4S. The van der Waals surface area contributed by atoms with E-state index < -0.39 is 41.2 Å². The van der Waals surface area contributed by atoms with Crippen molar-refractivity contribution in [3.63, 3.8) is 0 Å². The number of anilines is 1. The summed E-state index contributed by atoms with van der Waals surface area (Å²) in [7, 11) is 0. The molecule has 4 rings (SSSR count). The van der Waals surface area contributed by atoms with Crippen molar-refractivity contribution >= 4 is 51.0 Å². The maximum atomic E-state index is 13.5. The molecule has 0 unspecified atom stereocenters. The van der Waals surface area contributed by atoms with Crippen LogP contribution in [-0.2, 0) is 27.9 Å². The molecule has 0 aliphatic rings. The summed E-state index contributed by atoms with van der Waals surface area (Å²) in [6, 6.07) is 12.0. The molecule has 1 heterocycles. The Morgan fingerprint density at radius 3 is 2.51 bits per heavy atom. The third-order valence-corrected chi connectivity index (χ3v) is 7.13. The maximum Gasteiger partial charge on any atom is 0.418 e. The Kier molecular flexibility index (Phi) is 8.17. The smallest absolute Gasteiger partial charge is 0.418 e. The van der Waals surface area contributed by atoms with Gasteiger partial charge in [0.1, 0.15) is 11.4 Å². The van der Waals surface area contributed by atoms with E-state index in [1.807, 2.05) is 0 Å². The number of thioether (sulfide) groups is 1. The molecule has 3 aromatic carbocycles. The molecule has 0 atom stereocenters. The van der Waals surface area contributed by atoms with E-state index >= 15 is 0 Å². The average Bonchev–Trinajstić information content (AvgIpc) is 2.85. The minimum absolute atomic E-state index is 0.0761. The highest BCUT2D eigenvalue weighted by Gasteiger charge is 2.34. The lowest BCUT2D eigenvalue weighted by molar-refractivity contribution is -0.137. The van der Waals surface area contributed by atoms with Gasteiger partial charge < -0.3 is 9.73 Å². The zero-order valence-corrected chi connectivity index (χ0v) is 22.1. The van der Waals surface area contributed by atoms with E-state index in [9.17, 15) is 31.9 Å². The van der Waals surface area contributed by atoms with Gasteiger partial charge in [0.25, 0.3) is 0 Å². The Morgan fingerprint density at radius 2 is 1.82 bits per heavy atom. The van der Waals surface area contributed by atoms with Crippen molar-refractivity contribution in [2.75, 3.05) is 5.32 Å². The second-order valence-corrected chi connectivity index (χ2v) is 10.3. The monoisotopic (exact) mass is 577 g/mol. The summed E-state index contributed by atoms with van der Waals surface area (Å²) in [5, 5.41) is 2.88. The van der Waals surface area contributed by atoms with Crippen molar-refractivity contribution in [3.8, 4) is 11.1 Å². The molecule has 1 N–H and O–H groups in total. The predicted octanol–water partition coefficient (Wildman–Crippen LogP) is 7.54. The summed E-state index contributed by atoms with van der Waals surface area (Å²) >= 11 is 7.33. The molecule has 11 heteroatoms. The van der Waals surface area contributed by atoms with Crippen LogP contribution in [0, 0.1) is 12.7 Å². The molecule has 0 bridgehead atoms. The number of benzene rings is 3. The molecule has 202 valence electrons. The normalized spacial score (nSPS) is 11.6. The first kappa shape index (κ1) is 28.4. The van der Waals surface area contributed by atoms with Gasteiger partial charge in [0, 0.05) is 34.7 Å². The number of nitrogens with one attached hydrogen (secondary N) is 1. The molecule has 0 spiro atoms. The Bertz CT molecular complexity index is 1670. The lowest BCUT2D eigenvalue weighted by Gasteiger charge is -2.16. The molecule has 4 aromatic rings. The van der Waals surface area contributed by atoms with Gasteiger partial charge in [0.05, 0.1) is 23.2 Å². The van der Waals surface area contributed by atoms with E-state index in [4.69, 9.17) is 16.0 Å². The highest BCUT2D eigenvalue weighted by Crippen LogP contribution is 2.37. The van der Waals surface area contributed by atoms with E-state index in [2.05, 4.69) is 5.32 Å². The fourth-order valence-corrected chi connectivity index (χ4v) is 4.78. The van der Waals surface area contributed by atoms with Gasteiger partial charge in [-0.1, -0.05) is 47.6 Å². The largest absolute Gasteiger partial charge is 0.422 e. The Labute approximate surface area is 229 Å². The summed E-state index contributed by atoms with van der Waals surface area (Å²) in [4.78, 5) is 37.5. The molecule has 5 nitrogen and oxygen atoms in total. The first-order chi connectivity index (χ1) is 18.3. The lowest BCUT2D eigenvalue weighted by atomic mass is 9.93. The number of fused-ring (bicyclic) bond motifs is 1. The molecule has 0 saturated carbocycles. The van der Waals surface area contributed by atoms with E-state index in [0.29, 0.717) is 32.9 Å². The van der Waals surface area contributed by atoms with E-state index in [1.165, 1.54) is 13.0 Å². The van der Waals surface area contributed by atoms with E-state index in [1.54, 1.807) is 37.3 Å². The zero-order valence-electron chi connectivity index (χ0n) is 20.5. The summed E-state index contributed by atoms with van der Waals surface area (Å²) in [5.41, 5.74) is -0.474. The van der Waals surface area contributed by atoms with Crippen LogP contribution in [-0.4, -0.2) is 11.0 Å². The van der Waals surface area contributed by atoms with Crippen LogP contribution in [0.5, 0.6) is 0 Å². The van der Waals surface area contributed by atoms with Gasteiger partial charge in [0.2, 0.25) is 5.91 Å². The number of carbonyl (C=O) groups is 2. The fraction of sp³-hybridized carbons (Fsp3) is 0.179. The minimum atomic E-state index is -4.92. The summed E-state index contributed by atoms with van der Waals surface area (Å²) in [6.45, 7) is 3.19. The second kappa shape index (κ2) is 11.2. The zero-order chi connectivity index (χ0) is 28.5. The minimum Gasteiger partial charge on any atom is -0.422 e. The number of halogens is 5. The summed E-state index contributed by atoms with van der Waals surface area (Å²) in [6.07, 6.45) is -5.55. The number of aryl methyl sites for hydroxylation is 1. The Hall–Kier alpha value is -3.63. The van der Waals surface area contributed by atoms with Gasteiger partial charge in [-0.3, -0.25) is 9.59 Å². The van der Waals surface area contributed by atoms with Crippen LogP contribution in [0.25, 0.3) is 22.1 Å². The fourth-order valence-electron chi connectivity index (χ4n) is 4.08. The summed E-state index contributed by atoms with van der Waals surface area (Å²) < 4.78 is 59.2. The van der Waals surface area contributed by atoms with Gasteiger partial charge in [-0.2, -0.15) is 13.2 Å². The van der Waals surface area contributed by atoms with Crippen LogP contribution in [0.2, 0.25) is 5.02 Å². The third-order valence-electron chi connectivity index (χ3n) is 5.84. The second-order valence-electron chi connectivity index (χ2n) is 8.73. The first-order valence-electron chi connectivity index (χ1n) is 11.5. The number of alkyl halides is 3. The molecule has 0 aliphatic heterocycles. The number of amides is 1. The van der Waals surface area contributed by atoms with Crippen molar-refractivity contribution < 1.29 is 31.6 Å². The van der Waals surface area contributed by atoms with E-state index in [-0.39, 0.29) is 22.3 Å². The number of rotatable bonds is 6. The third kappa shape index (κ3) is 6.51. The molecular weight excluding hydrogens is 558 g/mol. The van der Waals surface area contributed by atoms with Gasteiger partial charge in [-0.15, -0.1) is 0 Å². The van der Waals surface area contributed by atoms with E-state index in [0.717, 1.165) is 29.5 Å². The lowest BCUT2D eigenvalue weighted by Crippen LogP contribution is -2.22. The van der Waals surface area contributed by atoms with Crippen molar-refractivity contribution in [1.29, 1.82) is 0 Å². The van der Waals surface area contributed by atoms with Crippen molar-refractivity contribution in [3.05, 3.63) is 98.1 Å². The van der Waals surface area contributed by atoms with Crippen LogP contribution in [0.3, 0.4) is 0 Å². The van der Waals surface area contributed by atoms with Crippen molar-refractivity contribution in [2.45, 2.75) is 32.2 Å². The molecule has 0 radical (unpaired) electrons. The van der Waals surface area contributed by atoms with Crippen LogP contribution >= 0.6 is 23.4 Å². The Morgan fingerprint density at radius 1 is 1.08 bits per heavy atom. The van der Waals surface area contributed by atoms with Crippen molar-refractivity contribution in [2.24, 2.45) is 0 Å². The summed E-state index contributed by atoms with van der Waals surface area (Å²) in [5.74, 6) is -1.68.